The van der Waals surface area contributed by atoms with Crippen LogP contribution in [0, 0.1) is 0 Å². The zero-order valence-corrected chi connectivity index (χ0v) is 11.0. The lowest BCUT2D eigenvalue weighted by Crippen LogP contribution is -2.37. The highest BCUT2D eigenvalue weighted by atomic mass is 16.2. The molecule has 0 aromatic rings. The molecule has 1 amide bonds. The summed E-state index contributed by atoms with van der Waals surface area (Å²) in [6, 6.07) is 0. The van der Waals surface area contributed by atoms with Gasteiger partial charge in [-0.3, -0.25) is 10.2 Å². The molecular weight excluding hydrogens is 200 g/mol. The van der Waals surface area contributed by atoms with Crippen molar-refractivity contribution in [1.29, 1.82) is 0 Å². The van der Waals surface area contributed by atoms with Crippen molar-refractivity contribution >= 4 is 5.91 Å². The van der Waals surface area contributed by atoms with Gasteiger partial charge < -0.3 is 0 Å². The van der Waals surface area contributed by atoms with Gasteiger partial charge in [0.1, 0.15) is 0 Å². The van der Waals surface area contributed by atoms with E-state index in [1.54, 1.807) is 0 Å². The van der Waals surface area contributed by atoms with Gasteiger partial charge in [-0.15, -0.1) is 0 Å². The molecule has 0 saturated heterocycles. The Labute approximate surface area is 100 Å². The lowest BCUT2D eigenvalue weighted by Gasteiger charge is -2.05. The summed E-state index contributed by atoms with van der Waals surface area (Å²) in [6.45, 7) is 5.16. The number of hydrogen-bond donors (Lipinski definition) is 2. The molecular formula is C13H28N2O. The topological polar surface area (TPSA) is 41.1 Å². The highest BCUT2D eigenvalue weighted by Gasteiger charge is 1.99. The van der Waals surface area contributed by atoms with Gasteiger partial charge >= 0.3 is 0 Å². The fraction of sp³-hybridized carbons (Fsp3) is 0.923. The number of amides is 1. The smallest absolute Gasteiger partial charge is 0.234 e. The molecule has 0 aliphatic heterocycles. The highest BCUT2D eigenvalue weighted by Crippen LogP contribution is 2.07. The first kappa shape index (κ1) is 15.4. The van der Waals surface area contributed by atoms with Crippen molar-refractivity contribution in [3.05, 3.63) is 0 Å². The standard InChI is InChI=1S/C13H28N2O/c1-3-5-6-7-8-9-10-11-13(16)15-14-12-4-2/h14H,3-12H2,1-2H3,(H,15,16). The molecule has 0 aliphatic rings. The number of rotatable bonds is 11. The molecule has 0 radical (unpaired) electrons. The Balaban J connectivity index is 3.09. The van der Waals surface area contributed by atoms with Crippen LogP contribution in [0.5, 0.6) is 0 Å². The van der Waals surface area contributed by atoms with Gasteiger partial charge in [-0.25, -0.2) is 5.43 Å². The fourth-order valence-electron chi connectivity index (χ4n) is 1.59. The molecule has 0 rings (SSSR count). The third-order valence-electron chi connectivity index (χ3n) is 2.61. The lowest BCUT2D eigenvalue weighted by molar-refractivity contribution is -0.122. The molecule has 0 aromatic heterocycles. The van der Waals surface area contributed by atoms with E-state index >= 15 is 0 Å². The van der Waals surface area contributed by atoms with Crippen molar-refractivity contribution in [2.45, 2.75) is 71.6 Å². The van der Waals surface area contributed by atoms with Crippen molar-refractivity contribution in [2.24, 2.45) is 0 Å². The van der Waals surface area contributed by atoms with Crippen molar-refractivity contribution in [3.63, 3.8) is 0 Å². The van der Waals surface area contributed by atoms with E-state index in [-0.39, 0.29) is 5.91 Å². The Morgan fingerprint density at radius 1 is 0.875 bits per heavy atom. The van der Waals surface area contributed by atoms with Crippen LogP contribution in [0.2, 0.25) is 0 Å². The second-order valence-corrected chi connectivity index (χ2v) is 4.35. The van der Waals surface area contributed by atoms with Crippen molar-refractivity contribution in [1.82, 2.24) is 10.9 Å². The van der Waals surface area contributed by atoms with Crippen LogP contribution in [0.4, 0.5) is 0 Å². The number of unbranched alkanes of at least 4 members (excludes halogenated alkanes) is 6. The molecule has 0 aromatic carbocycles. The van der Waals surface area contributed by atoms with Crippen LogP contribution >= 0.6 is 0 Å². The molecule has 3 heteroatoms. The maximum atomic E-state index is 11.3. The summed E-state index contributed by atoms with van der Waals surface area (Å²) in [5.41, 5.74) is 5.61. The van der Waals surface area contributed by atoms with Gasteiger partial charge in [0.15, 0.2) is 0 Å². The van der Waals surface area contributed by atoms with Gasteiger partial charge in [0, 0.05) is 13.0 Å². The molecule has 3 nitrogen and oxygen atoms in total. The predicted molar refractivity (Wildman–Crippen MR) is 69.0 cm³/mol. The van der Waals surface area contributed by atoms with Crippen molar-refractivity contribution < 1.29 is 4.79 Å². The molecule has 0 saturated carbocycles. The van der Waals surface area contributed by atoms with E-state index in [1.807, 2.05) is 0 Å². The molecule has 16 heavy (non-hydrogen) atoms. The molecule has 0 aliphatic carbocycles. The minimum atomic E-state index is 0.127. The number of nitrogens with one attached hydrogen (secondary N) is 2. The maximum absolute atomic E-state index is 11.3. The molecule has 2 N–H and O–H groups in total. The Hall–Kier alpha value is -0.570. The Bertz CT molecular complexity index is 160. The van der Waals surface area contributed by atoms with E-state index in [2.05, 4.69) is 24.7 Å². The van der Waals surface area contributed by atoms with Crippen molar-refractivity contribution in [2.75, 3.05) is 6.54 Å². The lowest BCUT2D eigenvalue weighted by atomic mass is 10.1. The quantitative estimate of drug-likeness (QED) is 0.421. The third kappa shape index (κ3) is 11.5. The van der Waals surface area contributed by atoms with Gasteiger partial charge in [0.2, 0.25) is 5.91 Å². The Morgan fingerprint density at radius 3 is 2.12 bits per heavy atom. The first-order valence-corrected chi connectivity index (χ1v) is 6.83. The van der Waals surface area contributed by atoms with E-state index in [4.69, 9.17) is 0 Å². The Morgan fingerprint density at radius 2 is 1.50 bits per heavy atom. The van der Waals surface area contributed by atoms with Crippen LogP contribution < -0.4 is 10.9 Å². The SMILES string of the molecule is CCCCCCCCCC(=O)NNCCC. The average molecular weight is 228 g/mol. The van der Waals surface area contributed by atoms with Gasteiger partial charge in [-0.2, -0.15) is 0 Å². The van der Waals surface area contributed by atoms with E-state index < -0.39 is 0 Å². The molecule has 96 valence electrons. The number of carbonyl (C=O) groups excluding carboxylic acids is 1. The predicted octanol–water partition coefficient (Wildman–Crippen LogP) is 3.16. The van der Waals surface area contributed by atoms with E-state index in [0.717, 1.165) is 19.4 Å². The van der Waals surface area contributed by atoms with Crippen LogP contribution in [0.3, 0.4) is 0 Å². The Kier molecular flexibility index (Phi) is 12.1. The minimum Gasteiger partial charge on any atom is -0.292 e. The van der Waals surface area contributed by atoms with E-state index in [1.165, 1.54) is 38.5 Å². The van der Waals surface area contributed by atoms with Crippen LogP contribution in [-0.2, 0) is 4.79 Å². The normalized spacial score (nSPS) is 10.4. The first-order chi connectivity index (χ1) is 7.81. The summed E-state index contributed by atoms with van der Waals surface area (Å²) in [6.07, 6.45) is 10.5. The number of carbonyl (C=O) groups is 1. The molecule has 0 atom stereocenters. The molecule has 0 spiro atoms. The van der Waals surface area contributed by atoms with E-state index in [0.29, 0.717) is 6.42 Å². The molecule has 0 unspecified atom stereocenters. The van der Waals surface area contributed by atoms with Crippen LogP contribution in [0.1, 0.15) is 71.6 Å². The molecule has 0 fully saturated rings. The van der Waals surface area contributed by atoms with Gasteiger partial charge in [0.05, 0.1) is 0 Å². The van der Waals surface area contributed by atoms with Crippen LogP contribution in [0.15, 0.2) is 0 Å². The monoisotopic (exact) mass is 228 g/mol. The van der Waals surface area contributed by atoms with Gasteiger partial charge in [-0.05, 0) is 12.8 Å². The van der Waals surface area contributed by atoms with Crippen LogP contribution in [0.25, 0.3) is 0 Å². The minimum absolute atomic E-state index is 0.127. The maximum Gasteiger partial charge on any atom is 0.234 e. The van der Waals surface area contributed by atoms with E-state index in [9.17, 15) is 4.79 Å². The van der Waals surface area contributed by atoms with Crippen LogP contribution in [-0.4, -0.2) is 12.5 Å². The average Bonchev–Trinajstić information content (AvgIpc) is 2.28. The molecule has 0 bridgehead atoms. The zero-order chi connectivity index (χ0) is 12.1. The first-order valence-electron chi connectivity index (χ1n) is 6.83. The summed E-state index contributed by atoms with van der Waals surface area (Å²) in [5, 5.41) is 0. The number of hydrazine groups is 1. The second kappa shape index (κ2) is 12.5. The summed E-state index contributed by atoms with van der Waals surface area (Å²) < 4.78 is 0. The van der Waals surface area contributed by atoms with Crippen molar-refractivity contribution in [3.8, 4) is 0 Å². The van der Waals surface area contributed by atoms with Gasteiger partial charge in [-0.1, -0.05) is 52.4 Å². The fourth-order valence-corrected chi connectivity index (χ4v) is 1.59. The largest absolute Gasteiger partial charge is 0.292 e. The summed E-state index contributed by atoms with van der Waals surface area (Å²) in [7, 11) is 0. The highest BCUT2D eigenvalue weighted by molar-refractivity contribution is 5.75. The summed E-state index contributed by atoms with van der Waals surface area (Å²) >= 11 is 0. The summed E-state index contributed by atoms with van der Waals surface area (Å²) in [5.74, 6) is 0.127. The zero-order valence-electron chi connectivity index (χ0n) is 11.0. The van der Waals surface area contributed by atoms with Gasteiger partial charge in [0.25, 0.3) is 0 Å². The third-order valence-corrected chi connectivity index (χ3v) is 2.61. The second-order valence-electron chi connectivity index (χ2n) is 4.35. The summed E-state index contributed by atoms with van der Waals surface area (Å²) in [4.78, 5) is 11.3. The number of hydrogen-bond acceptors (Lipinski definition) is 2. The molecule has 0 heterocycles.